The van der Waals surface area contributed by atoms with Gasteiger partial charge in [-0.05, 0) is 68.7 Å². The second-order valence-electron chi connectivity index (χ2n) is 8.26. The Bertz CT molecular complexity index is 949. The number of carbonyl (C=O) groups excluding carboxylic acids is 2. The Kier molecular flexibility index (Phi) is 7.28. The molecule has 0 atom stereocenters. The first kappa shape index (κ1) is 21.8. The summed E-state index contributed by atoms with van der Waals surface area (Å²) < 4.78 is 7.72. The summed E-state index contributed by atoms with van der Waals surface area (Å²) in [4.78, 5) is 30.0. The van der Waals surface area contributed by atoms with Crippen molar-refractivity contribution in [1.82, 2.24) is 4.57 Å². The lowest BCUT2D eigenvalue weighted by Gasteiger charge is -2.26. The fourth-order valence-corrected chi connectivity index (χ4v) is 5.24. The molecule has 1 aromatic carbocycles. The third kappa shape index (κ3) is 5.16. The zero-order valence-corrected chi connectivity index (χ0v) is 18.8. The van der Waals surface area contributed by atoms with Crippen molar-refractivity contribution in [3.63, 3.8) is 0 Å². The minimum absolute atomic E-state index is 0.00753. The number of ether oxygens (including phenoxy) is 1. The molecular formula is C23H32N2O3S. The van der Waals surface area contributed by atoms with E-state index in [0.717, 1.165) is 47.4 Å². The summed E-state index contributed by atoms with van der Waals surface area (Å²) in [5.41, 5.74) is 3.27. The molecule has 6 heteroatoms. The van der Waals surface area contributed by atoms with Crippen LogP contribution in [0, 0.1) is 25.7 Å². The predicted octanol–water partition coefficient (Wildman–Crippen LogP) is 4.92. The summed E-state index contributed by atoms with van der Waals surface area (Å²) in [7, 11) is 1.38. The molecule has 158 valence electrons. The minimum atomic E-state index is -0.340. The van der Waals surface area contributed by atoms with Gasteiger partial charge in [0.15, 0.2) is 4.80 Å². The topological polar surface area (TPSA) is 60.7 Å². The molecule has 1 aromatic heterocycles. The Morgan fingerprint density at radius 2 is 1.86 bits per heavy atom. The van der Waals surface area contributed by atoms with Gasteiger partial charge < -0.3 is 9.30 Å². The summed E-state index contributed by atoms with van der Waals surface area (Å²) in [5.74, 6) is 0.387. The summed E-state index contributed by atoms with van der Waals surface area (Å²) in [5, 5.41) is 0. The van der Waals surface area contributed by atoms with Gasteiger partial charge in [-0.2, -0.15) is 4.99 Å². The number of thiazole rings is 1. The van der Waals surface area contributed by atoms with Crippen molar-refractivity contribution in [2.45, 2.75) is 72.3 Å². The largest absolute Gasteiger partial charge is 0.468 e. The highest BCUT2D eigenvalue weighted by Gasteiger charge is 2.26. The highest BCUT2D eigenvalue weighted by molar-refractivity contribution is 7.16. The highest BCUT2D eigenvalue weighted by atomic mass is 32.1. The van der Waals surface area contributed by atoms with Crippen molar-refractivity contribution in [2.24, 2.45) is 16.8 Å². The van der Waals surface area contributed by atoms with Crippen LogP contribution in [0.25, 0.3) is 10.2 Å². The van der Waals surface area contributed by atoms with E-state index in [1.165, 1.54) is 43.3 Å². The van der Waals surface area contributed by atoms with Gasteiger partial charge in [-0.3, -0.25) is 9.59 Å². The second kappa shape index (κ2) is 9.70. The van der Waals surface area contributed by atoms with Crippen LogP contribution in [0.4, 0.5) is 0 Å². The fraction of sp³-hybridized carbons (Fsp3) is 0.609. The third-order valence-electron chi connectivity index (χ3n) is 6.18. The van der Waals surface area contributed by atoms with E-state index in [4.69, 9.17) is 4.74 Å². The zero-order chi connectivity index (χ0) is 21.0. The van der Waals surface area contributed by atoms with Crippen LogP contribution in [-0.2, 0) is 20.9 Å². The second-order valence-corrected chi connectivity index (χ2v) is 9.27. The number of hydrogen-bond donors (Lipinski definition) is 0. The molecule has 1 heterocycles. The van der Waals surface area contributed by atoms with Crippen LogP contribution in [0.15, 0.2) is 17.1 Å². The normalized spacial score (nSPS) is 20.2. The van der Waals surface area contributed by atoms with Crippen LogP contribution < -0.4 is 4.80 Å². The number of carbonyl (C=O) groups is 2. The summed E-state index contributed by atoms with van der Waals surface area (Å²) in [6.07, 6.45) is 7.90. The molecule has 5 nitrogen and oxygen atoms in total. The molecule has 2 aromatic rings. The van der Waals surface area contributed by atoms with Crippen LogP contribution in [0.3, 0.4) is 0 Å². The molecule has 0 spiro atoms. The number of methoxy groups -OCH3 is 1. The van der Waals surface area contributed by atoms with Gasteiger partial charge >= 0.3 is 5.97 Å². The standard InChI is InChI=1S/C23H32N2O3S/c1-5-6-7-17-8-10-18(11-9-17)22(27)24-23-25(14-21(26)28-4)19-12-15(2)16(3)13-20(19)29-23/h12-13,17-18H,5-11,14H2,1-4H3. The molecule has 1 aliphatic carbocycles. The number of fused-ring (bicyclic) bond motifs is 1. The molecule has 0 saturated heterocycles. The van der Waals surface area contributed by atoms with E-state index in [0.29, 0.717) is 4.80 Å². The quantitative estimate of drug-likeness (QED) is 0.628. The molecule has 0 aliphatic heterocycles. The Labute approximate surface area is 176 Å². The maximum atomic E-state index is 12.9. The van der Waals surface area contributed by atoms with E-state index in [2.05, 4.69) is 31.0 Å². The van der Waals surface area contributed by atoms with E-state index in [-0.39, 0.29) is 24.3 Å². The van der Waals surface area contributed by atoms with E-state index >= 15 is 0 Å². The smallest absolute Gasteiger partial charge is 0.325 e. The van der Waals surface area contributed by atoms with Crippen molar-refractivity contribution in [3.05, 3.63) is 28.1 Å². The maximum absolute atomic E-state index is 12.9. The molecule has 0 bridgehead atoms. The lowest BCUT2D eigenvalue weighted by molar-refractivity contribution is -0.141. The number of rotatable bonds is 6. The average molecular weight is 417 g/mol. The molecule has 29 heavy (non-hydrogen) atoms. The van der Waals surface area contributed by atoms with Crippen LogP contribution in [-0.4, -0.2) is 23.6 Å². The number of nitrogens with zero attached hydrogens (tertiary/aromatic N) is 2. The van der Waals surface area contributed by atoms with E-state index < -0.39 is 0 Å². The van der Waals surface area contributed by atoms with Gasteiger partial charge in [-0.1, -0.05) is 37.5 Å². The Balaban J connectivity index is 1.87. The zero-order valence-electron chi connectivity index (χ0n) is 18.0. The van der Waals surface area contributed by atoms with Gasteiger partial charge in [0.2, 0.25) is 0 Å². The summed E-state index contributed by atoms with van der Waals surface area (Å²) in [6, 6.07) is 4.16. The van der Waals surface area contributed by atoms with Crippen molar-refractivity contribution >= 4 is 33.4 Å². The number of aromatic nitrogens is 1. The molecule has 0 unspecified atom stereocenters. The van der Waals surface area contributed by atoms with Crippen LogP contribution >= 0.6 is 11.3 Å². The lowest BCUT2D eigenvalue weighted by Crippen LogP contribution is -2.26. The Morgan fingerprint density at radius 3 is 2.52 bits per heavy atom. The molecule has 3 rings (SSSR count). The van der Waals surface area contributed by atoms with Gasteiger partial charge in [0.05, 0.1) is 17.3 Å². The molecule has 1 fully saturated rings. The molecule has 0 radical (unpaired) electrons. The first-order valence-corrected chi connectivity index (χ1v) is 11.5. The van der Waals surface area contributed by atoms with Crippen molar-refractivity contribution in [1.29, 1.82) is 0 Å². The molecule has 0 N–H and O–H groups in total. The first-order valence-electron chi connectivity index (χ1n) is 10.7. The van der Waals surface area contributed by atoms with Gasteiger partial charge in [0.25, 0.3) is 5.91 Å². The molecule has 1 saturated carbocycles. The van der Waals surface area contributed by atoms with Gasteiger partial charge in [0.1, 0.15) is 6.54 Å². The van der Waals surface area contributed by atoms with Crippen molar-refractivity contribution < 1.29 is 14.3 Å². The Morgan fingerprint density at radius 1 is 1.17 bits per heavy atom. The number of amides is 1. The van der Waals surface area contributed by atoms with E-state index in [1.54, 1.807) is 0 Å². The highest BCUT2D eigenvalue weighted by Crippen LogP contribution is 2.32. The molecular weight excluding hydrogens is 384 g/mol. The Hall–Kier alpha value is -1.95. The van der Waals surface area contributed by atoms with E-state index in [1.807, 2.05) is 11.5 Å². The monoisotopic (exact) mass is 416 g/mol. The van der Waals surface area contributed by atoms with E-state index in [9.17, 15) is 9.59 Å². The number of hydrogen-bond acceptors (Lipinski definition) is 4. The predicted molar refractivity (Wildman–Crippen MR) is 117 cm³/mol. The van der Waals surface area contributed by atoms with Crippen LogP contribution in [0.2, 0.25) is 0 Å². The molecule has 1 amide bonds. The SMILES string of the molecule is CCCCC1CCC(C(=O)N=c2sc3cc(C)c(C)cc3n2CC(=O)OC)CC1. The fourth-order valence-electron chi connectivity index (χ4n) is 4.13. The minimum Gasteiger partial charge on any atom is -0.468 e. The average Bonchev–Trinajstić information content (AvgIpc) is 3.02. The maximum Gasteiger partial charge on any atom is 0.325 e. The van der Waals surface area contributed by atoms with Crippen molar-refractivity contribution in [3.8, 4) is 0 Å². The van der Waals surface area contributed by atoms with Gasteiger partial charge in [-0.25, -0.2) is 0 Å². The van der Waals surface area contributed by atoms with Crippen LogP contribution in [0.5, 0.6) is 0 Å². The number of unbranched alkanes of at least 4 members (excludes halogenated alkanes) is 1. The number of benzene rings is 1. The van der Waals surface area contributed by atoms with Gasteiger partial charge in [-0.15, -0.1) is 0 Å². The van der Waals surface area contributed by atoms with Crippen LogP contribution in [0.1, 0.15) is 63.0 Å². The summed E-state index contributed by atoms with van der Waals surface area (Å²) in [6.45, 7) is 6.41. The number of aryl methyl sites for hydroxylation is 2. The third-order valence-corrected chi connectivity index (χ3v) is 7.22. The van der Waals surface area contributed by atoms with Gasteiger partial charge in [0, 0.05) is 5.92 Å². The lowest BCUT2D eigenvalue weighted by atomic mass is 9.79. The summed E-state index contributed by atoms with van der Waals surface area (Å²) >= 11 is 1.47. The first-order chi connectivity index (χ1) is 13.9. The molecule has 1 aliphatic rings. The number of esters is 1. The van der Waals surface area contributed by atoms with Crippen molar-refractivity contribution in [2.75, 3.05) is 7.11 Å².